The summed E-state index contributed by atoms with van der Waals surface area (Å²) in [6.45, 7) is 3.47. The molecule has 5 heteroatoms. The molecule has 24 heavy (non-hydrogen) atoms. The van der Waals surface area contributed by atoms with Gasteiger partial charge in [0.05, 0.1) is 16.6 Å². The Labute approximate surface area is 148 Å². The number of likely N-dealkylation sites (N-methyl/N-ethyl adjacent to an activating group) is 1. The fourth-order valence-corrected chi connectivity index (χ4v) is 2.70. The molecule has 0 aliphatic carbocycles. The summed E-state index contributed by atoms with van der Waals surface area (Å²) < 4.78 is 0. The number of rotatable bonds is 4. The van der Waals surface area contributed by atoms with Crippen LogP contribution in [0, 0.1) is 6.92 Å². The molecule has 0 spiro atoms. The molecule has 1 N–H and O–H groups in total. The Morgan fingerprint density at radius 3 is 2.46 bits per heavy atom. The van der Waals surface area contributed by atoms with Gasteiger partial charge in [-0.3, -0.25) is 4.79 Å². The predicted octanol–water partition coefficient (Wildman–Crippen LogP) is 3.41. The summed E-state index contributed by atoms with van der Waals surface area (Å²) in [6, 6.07) is 14.0. The van der Waals surface area contributed by atoms with E-state index in [0.717, 1.165) is 33.9 Å². The minimum absolute atomic E-state index is 0. The van der Waals surface area contributed by atoms with Crippen molar-refractivity contribution in [2.24, 2.45) is 0 Å². The Balaban J connectivity index is 0.00000208. The van der Waals surface area contributed by atoms with E-state index in [-0.39, 0.29) is 18.3 Å². The average Bonchev–Trinajstić information content (AvgIpc) is 2.52. The highest BCUT2D eigenvalue weighted by molar-refractivity contribution is 6.07. The number of hydrogen-bond acceptors (Lipinski definition) is 3. The van der Waals surface area contributed by atoms with Gasteiger partial charge in [-0.05, 0) is 38.7 Å². The van der Waals surface area contributed by atoms with E-state index in [4.69, 9.17) is 4.98 Å². The average molecular weight is 344 g/mol. The van der Waals surface area contributed by atoms with Crippen LogP contribution in [0.15, 0.2) is 42.5 Å². The van der Waals surface area contributed by atoms with Crippen LogP contribution in [0.5, 0.6) is 0 Å². The molecule has 0 unspecified atom stereocenters. The molecule has 1 amide bonds. The van der Waals surface area contributed by atoms with Crippen LogP contribution in [0.2, 0.25) is 0 Å². The fraction of sp³-hybridized carbons (Fsp3) is 0.263. The Hall–Kier alpha value is -2.17. The number of fused-ring (bicyclic) bond motifs is 2. The van der Waals surface area contributed by atoms with Crippen LogP contribution in [0.1, 0.15) is 15.9 Å². The van der Waals surface area contributed by atoms with E-state index in [1.807, 2.05) is 56.3 Å². The summed E-state index contributed by atoms with van der Waals surface area (Å²) in [5.74, 6) is -0.0714. The number of aryl methyl sites for hydroxylation is 1. The number of carbonyl (C=O) groups is 1. The van der Waals surface area contributed by atoms with Crippen molar-refractivity contribution in [3.63, 3.8) is 0 Å². The molecule has 0 saturated heterocycles. The van der Waals surface area contributed by atoms with E-state index in [0.29, 0.717) is 12.1 Å². The number of aromatic nitrogens is 1. The molecule has 3 aromatic rings. The number of para-hydroxylation sites is 2. The molecule has 1 heterocycles. The van der Waals surface area contributed by atoms with Crippen molar-refractivity contribution < 1.29 is 4.79 Å². The lowest BCUT2D eigenvalue weighted by Crippen LogP contribution is -2.31. The van der Waals surface area contributed by atoms with E-state index in [9.17, 15) is 4.79 Å². The zero-order chi connectivity index (χ0) is 16.4. The smallest absolute Gasteiger partial charge is 0.253 e. The number of hydrogen-bond donors (Lipinski definition) is 1. The van der Waals surface area contributed by atoms with E-state index >= 15 is 0 Å². The summed E-state index contributed by atoms with van der Waals surface area (Å²) >= 11 is 0. The molecule has 0 bridgehead atoms. The first-order valence-corrected chi connectivity index (χ1v) is 7.78. The van der Waals surface area contributed by atoms with Gasteiger partial charge in [-0.15, -0.1) is 12.4 Å². The van der Waals surface area contributed by atoms with Gasteiger partial charge in [0.25, 0.3) is 5.91 Å². The lowest BCUT2D eigenvalue weighted by atomic mass is 10.0. The molecular weight excluding hydrogens is 322 g/mol. The van der Waals surface area contributed by atoms with Gasteiger partial charge in [-0.1, -0.05) is 30.3 Å². The van der Waals surface area contributed by atoms with Gasteiger partial charge < -0.3 is 10.2 Å². The van der Waals surface area contributed by atoms with Crippen molar-refractivity contribution in [3.05, 3.63) is 53.6 Å². The second-order valence-corrected chi connectivity index (χ2v) is 6.07. The van der Waals surface area contributed by atoms with Gasteiger partial charge in [0, 0.05) is 23.9 Å². The lowest BCUT2D eigenvalue weighted by molar-refractivity contribution is 0.0952. The van der Waals surface area contributed by atoms with Crippen molar-refractivity contribution in [2.45, 2.75) is 6.92 Å². The Bertz CT molecular complexity index is 877. The maximum Gasteiger partial charge on any atom is 0.253 e. The van der Waals surface area contributed by atoms with E-state index < -0.39 is 0 Å². The maximum absolute atomic E-state index is 12.5. The predicted molar refractivity (Wildman–Crippen MR) is 102 cm³/mol. The number of amides is 1. The zero-order valence-electron chi connectivity index (χ0n) is 14.2. The largest absolute Gasteiger partial charge is 0.351 e. The summed E-state index contributed by atoms with van der Waals surface area (Å²) in [6.07, 6.45) is 0. The van der Waals surface area contributed by atoms with Crippen LogP contribution in [-0.2, 0) is 0 Å². The van der Waals surface area contributed by atoms with Crippen molar-refractivity contribution in [1.82, 2.24) is 15.2 Å². The van der Waals surface area contributed by atoms with Crippen molar-refractivity contribution in [1.29, 1.82) is 0 Å². The van der Waals surface area contributed by atoms with Crippen LogP contribution in [0.4, 0.5) is 0 Å². The summed E-state index contributed by atoms with van der Waals surface area (Å²) in [5, 5.41) is 5.05. The molecular formula is C19H22ClN3O. The van der Waals surface area contributed by atoms with Gasteiger partial charge in [0.1, 0.15) is 0 Å². The molecule has 3 rings (SSSR count). The topological polar surface area (TPSA) is 45.2 Å². The molecule has 126 valence electrons. The quantitative estimate of drug-likeness (QED) is 0.738. The van der Waals surface area contributed by atoms with Gasteiger partial charge in [0.15, 0.2) is 0 Å². The fourth-order valence-electron chi connectivity index (χ4n) is 2.70. The van der Waals surface area contributed by atoms with Crippen molar-refractivity contribution in [2.75, 3.05) is 27.2 Å². The van der Waals surface area contributed by atoms with Gasteiger partial charge in [-0.25, -0.2) is 4.98 Å². The number of carbonyl (C=O) groups excluding carboxylic acids is 1. The number of pyridine rings is 1. The first-order valence-electron chi connectivity index (χ1n) is 7.78. The van der Waals surface area contributed by atoms with Gasteiger partial charge in [0.2, 0.25) is 0 Å². The molecule has 0 aliphatic rings. The number of benzene rings is 2. The van der Waals surface area contributed by atoms with Crippen LogP contribution < -0.4 is 5.32 Å². The molecule has 0 saturated carbocycles. The Morgan fingerprint density at radius 1 is 1.08 bits per heavy atom. The van der Waals surface area contributed by atoms with Crippen LogP contribution in [0.3, 0.4) is 0 Å². The molecule has 0 radical (unpaired) electrons. The standard InChI is InChI=1S/C19H21N3O.ClH/c1-13-6-4-7-14-12-15-8-5-9-16(18(15)21-17(13)14)19(23)20-10-11-22(2)3;/h4-9,12H,10-11H2,1-3H3,(H,20,23);1H. The van der Waals surface area contributed by atoms with Crippen molar-refractivity contribution >= 4 is 40.1 Å². The molecule has 4 nitrogen and oxygen atoms in total. The number of nitrogens with one attached hydrogen (secondary N) is 1. The summed E-state index contributed by atoms with van der Waals surface area (Å²) in [7, 11) is 3.97. The molecule has 0 atom stereocenters. The van der Waals surface area contributed by atoms with Gasteiger partial charge >= 0.3 is 0 Å². The highest BCUT2D eigenvalue weighted by Gasteiger charge is 2.12. The molecule has 0 aliphatic heterocycles. The van der Waals surface area contributed by atoms with Crippen LogP contribution in [0.25, 0.3) is 21.8 Å². The minimum Gasteiger partial charge on any atom is -0.351 e. The first kappa shape index (κ1) is 18.2. The van der Waals surface area contributed by atoms with Gasteiger partial charge in [-0.2, -0.15) is 0 Å². The second-order valence-electron chi connectivity index (χ2n) is 6.07. The summed E-state index contributed by atoms with van der Waals surface area (Å²) in [4.78, 5) is 19.3. The van der Waals surface area contributed by atoms with E-state index in [1.54, 1.807) is 0 Å². The SMILES string of the molecule is Cc1cccc2cc3cccc(C(=O)NCCN(C)C)c3nc12.Cl. The third-order valence-electron chi connectivity index (χ3n) is 3.96. The molecule has 1 aromatic heterocycles. The Morgan fingerprint density at radius 2 is 1.75 bits per heavy atom. The maximum atomic E-state index is 12.5. The highest BCUT2D eigenvalue weighted by Crippen LogP contribution is 2.24. The lowest BCUT2D eigenvalue weighted by Gasteiger charge is -2.12. The monoisotopic (exact) mass is 343 g/mol. The minimum atomic E-state index is -0.0714. The van der Waals surface area contributed by atoms with E-state index in [1.165, 1.54) is 0 Å². The Kier molecular flexibility index (Phi) is 5.75. The number of halogens is 1. The normalized spacial score (nSPS) is 10.8. The zero-order valence-corrected chi connectivity index (χ0v) is 15.0. The third-order valence-corrected chi connectivity index (χ3v) is 3.96. The second kappa shape index (κ2) is 7.60. The first-order chi connectivity index (χ1) is 11.1. The third kappa shape index (κ3) is 3.66. The van der Waals surface area contributed by atoms with E-state index in [2.05, 4.69) is 17.4 Å². The number of nitrogens with zero attached hydrogens (tertiary/aromatic N) is 2. The molecule has 2 aromatic carbocycles. The summed E-state index contributed by atoms with van der Waals surface area (Å²) in [5.41, 5.74) is 3.46. The van der Waals surface area contributed by atoms with Crippen LogP contribution >= 0.6 is 12.4 Å². The van der Waals surface area contributed by atoms with Crippen LogP contribution in [-0.4, -0.2) is 43.0 Å². The highest BCUT2D eigenvalue weighted by atomic mass is 35.5. The molecule has 0 fully saturated rings. The van der Waals surface area contributed by atoms with Crippen molar-refractivity contribution in [3.8, 4) is 0 Å².